The predicted octanol–water partition coefficient (Wildman–Crippen LogP) is -5.00. The normalized spacial score (nSPS) is 10.1. The maximum atomic E-state index is 9.41. The average Bonchev–Trinajstić information content (AvgIpc) is 2.11. The van der Waals surface area contributed by atoms with Crippen LogP contribution in [0.4, 0.5) is 0 Å². The van der Waals surface area contributed by atoms with E-state index in [1.54, 1.807) is 0 Å². The molecule has 0 bridgehead atoms. The molecule has 5 N–H and O–H groups in total. The van der Waals surface area contributed by atoms with E-state index >= 15 is 0 Å². The number of hydrogen-bond acceptors (Lipinski definition) is 5. The predicted molar refractivity (Wildman–Crippen MR) is 57.6 cm³/mol. The Morgan fingerprint density at radius 1 is 0.786 bits per heavy atom. The highest BCUT2D eigenvalue weighted by atomic mass is 16.4. The van der Waals surface area contributed by atoms with Crippen LogP contribution in [0, 0.1) is 0 Å². The Morgan fingerprint density at radius 3 is 1.43 bits per heavy atom. The van der Waals surface area contributed by atoms with Crippen molar-refractivity contribution in [3.63, 3.8) is 0 Å². The van der Waals surface area contributed by atoms with E-state index in [1.165, 1.54) is 15.7 Å². The minimum atomic E-state index is -1.98. The molecule has 0 saturated carbocycles. The molecule has 0 saturated heterocycles. The summed E-state index contributed by atoms with van der Waals surface area (Å²) in [6.45, 7) is 0. The highest BCUT2D eigenvalue weighted by Gasteiger charge is 2.26. The first-order chi connectivity index (χ1) is 6.37. The van der Waals surface area contributed by atoms with Crippen LogP contribution in [-0.2, 0) is 0 Å². The largest absolute Gasteiger partial charge is 0.509 e. The first-order valence-electron chi connectivity index (χ1n) is 3.98. The third-order valence-corrected chi connectivity index (χ3v) is 2.19. The molecular formula is C6H9B3O5. The monoisotopic (exact) mass is 194 g/mol. The second-order valence-electron chi connectivity index (χ2n) is 3.08. The smallest absolute Gasteiger partial charge is 0.496 e. The molecule has 0 aliphatic rings. The topological polar surface area (TPSA) is 101 Å². The van der Waals surface area contributed by atoms with Crippen LogP contribution in [0.25, 0.3) is 0 Å². The lowest BCUT2D eigenvalue weighted by atomic mass is 9.71. The van der Waals surface area contributed by atoms with Gasteiger partial charge in [0, 0.05) is 0 Å². The van der Waals surface area contributed by atoms with Crippen molar-refractivity contribution in [2.45, 2.75) is 0 Å². The molecular weight excluding hydrogens is 184 g/mol. The van der Waals surface area contributed by atoms with E-state index in [4.69, 9.17) is 10.0 Å². The van der Waals surface area contributed by atoms with E-state index < -0.39 is 24.1 Å². The van der Waals surface area contributed by atoms with Crippen LogP contribution >= 0.6 is 0 Å². The zero-order valence-corrected chi connectivity index (χ0v) is 7.81. The summed E-state index contributed by atoms with van der Waals surface area (Å²) in [4.78, 5) is 0. The molecule has 0 radical (unpaired) electrons. The Balaban J connectivity index is 3.60. The van der Waals surface area contributed by atoms with Gasteiger partial charge in [0.05, 0.1) is 5.46 Å². The lowest BCUT2D eigenvalue weighted by molar-refractivity contribution is 0.410. The fourth-order valence-corrected chi connectivity index (χ4v) is 1.27. The number of phenolic OH excluding ortho intramolecular Hbond substituents is 3. The van der Waals surface area contributed by atoms with Gasteiger partial charge in [0.25, 0.3) is 0 Å². The second-order valence-corrected chi connectivity index (χ2v) is 3.08. The summed E-state index contributed by atoms with van der Waals surface area (Å²) in [5.41, 5.74) is -0.190. The summed E-state index contributed by atoms with van der Waals surface area (Å²) >= 11 is 0. The van der Waals surface area contributed by atoms with Crippen molar-refractivity contribution in [3.8, 4) is 17.2 Å². The molecule has 0 heterocycles. The van der Waals surface area contributed by atoms with E-state index in [0.717, 1.165) is 0 Å². The maximum Gasteiger partial charge on any atom is 0.496 e. The highest BCUT2D eigenvalue weighted by molar-refractivity contribution is 6.63. The van der Waals surface area contributed by atoms with Gasteiger partial charge in [-0.2, -0.15) is 0 Å². The maximum absolute atomic E-state index is 9.41. The lowest BCUT2D eigenvalue weighted by Gasteiger charge is -2.14. The average molecular weight is 194 g/mol. The SMILES string of the molecule is Bc1c(O)c(B)c(O)c(B(O)O)c1O. The Labute approximate surface area is 82.6 Å². The molecule has 0 atom stereocenters. The van der Waals surface area contributed by atoms with Gasteiger partial charge < -0.3 is 25.4 Å². The zero-order chi connectivity index (χ0) is 11.0. The summed E-state index contributed by atoms with van der Waals surface area (Å²) in [6.07, 6.45) is 0. The van der Waals surface area contributed by atoms with Gasteiger partial charge in [0.1, 0.15) is 32.9 Å². The first kappa shape index (κ1) is 10.8. The molecule has 0 spiro atoms. The van der Waals surface area contributed by atoms with Crippen LogP contribution in [0.3, 0.4) is 0 Å². The van der Waals surface area contributed by atoms with Gasteiger partial charge in [-0.05, 0) is 10.9 Å². The van der Waals surface area contributed by atoms with Crippen molar-refractivity contribution in [1.29, 1.82) is 0 Å². The molecule has 0 aliphatic heterocycles. The van der Waals surface area contributed by atoms with E-state index in [9.17, 15) is 15.3 Å². The van der Waals surface area contributed by atoms with Crippen LogP contribution in [0.5, 0.6) is 17.2 Å². The van der Waals surface area contributed by atoms with Crippen LogP contribution in [0.2, 0.25) is 0 Å². The number of benzene rings is 1. The molecule has 0 aromatic heterocycles. The summed E-state index contributed by atoms with van der Waals surface area (Å²) in [5.74, 6) is -1.29. The van der Waals surface area contributed by atoms with Crippen LogP contribution in [0.1, 0.15) is 0 Å². The molecule has 0 fully saturated rings. The molecule has 0 unspecified atom stereocenters. The fraction of sp³-hybridized carbons (Fsp3) is 0. The van der Waals surface area contributed by atoms with Gasteiger partial charge in [-0.15, -0.1) is 0 Å². The Kier molecular flexibility index (Phi) is 2.68. The van der Waals surface area contributed by atoms with Crippen molar-refractivity contribution in [2.75, 3.05) is 0 Å². The highest BCUT2D eigenvalue weighted by Crippen LogP contribution is 2.16. The molecule has 5 nitrogen and oxygen atoms in total. The Morgan fingerprint density at radius 2 is 1.14 bits per heavy atom. The van der Waals surface area contributed by atoms with E-state index in [0.29, 0.717) is 0 Å². The van der Waals surface area contributed by atoms with Crippen molar-refractivity contribution in [2.24, 2.45) is 0 Å². The van der Waals surface area contributed by atoms with E-state index in [1.807, 2.05) is 0 Å². The first-order valence-corrected chi connectivity index (χ1v) is 3.98. The van der Waals surface area contributed by atoms with Crippen LogP contribution < -0.4 is 16.4 Å². The minimum Gasteiger partial charge on any atom is -0.509 e. The van der Waals surface area contributed by atoms with Crippen molar-refractivity contribution in [1.82, 2.24) is 0 Å². The number of hydrogen-bond donors (Lipinski definition) is 5. The fourth-order valence-electron chi connectivity index (χ4n) is 1.27. The summed E-state index contributed by atoms with van der Waals surface area (Å²) < 4.78 is 0. The molecule has 0 amide bonds. The van der Waals surface area contributed by atoms with E-state index in [2.05, 4.69) is 0 Å². The Bertz CT molecular complexity index is 349. The molecule has 72 valence electrons. The zero-order valence-electron chi connectivity index (χ0n) is 7.81. The van der Waals surface area contributed by atoms with Gasteiger partial charge in [-0.3, -0.25) is 0 Å². The third-order valence-electron chi connectivity index (χ3n) is 2.19. The van der Waals surface area contributed by atoms with Gasteiger partial charge >= 0.3 is 7.12 Å². The van der Waals surface area contributed by atoms with Gasteiger partial charge in [-0.25, -0.2) is 0 Å². The van der Waals surface area contributed by atoms with Gasteiger partial charge in [0.15, 0.2) is 0 Å². The minimum absolute atomic E-state index is 0.100. The van der Waals surface area contributed by atoms with Crippen LogP contribution in [0.15, 0.2) is 0 Å². The summed E-state index contributed by atoms with van der Waals surface area (Å²) in [7, 11) is 0.833. The third kappa shape index (κ3) is 1.42. The van der Waals surface area contributed by atoms with Crippen LogP contribution in [-0.4, -0.2) is 48.2 Å². The van der Waals surface area contributed by atoms with E-state index in [-0.39, 0.29) is 16.7 Å². The van der Waals surface area contributed by atoms with Crippen molar-refractivity contribution in [3.05, 3.63) is 0 Å². The second kappa shape index (κ2) is 3.47. The standard InChI is InChI=1S/C6H9B3O5/c7-1-4(10)2(8)6(12)3(5(1)11)9(13)14/h10-14H,7-8H2. The summed E-state index contributed by atoms with van der Waals surface area (Å²) in [6, 6.07) is 0. The molecule has 8 heteroatoms. The van der Waals surface area contributed by atoms with Crippen molar-refractivity contribution < 1.29 is 25.4 Å². The molecule has 0 aliphatic carbocycles. The number of aromatic hydroxyl groups is 3. The Hall–Kier alpha value is -1.27. The van der Waals surface area contributed by atoms with Gasteiger partial charge in [0.2, 0.25) is 0 Å². The molecule has 14 heavy (non-hydrogen) atoms. The lowest BCUT2D eigenvalue weighted by Crippen LogP contribution is -2.37. The molecule has 1 aromatic carbocycles. The van der Waals surface area contributed by atoms with Gasteiger partial charge in [-0.1, -0.05) is 0 Å². The molecule has 1 aromatic rings. The number of rotatable bonds is 1. The summed E-state index contributed by atoms with van der Waals surface area (Å²) in [5, 5.41) is 46.0. The number of phenols is 3. The molecule has 1 rings (SSSR count). The quantitative estimate of drug-likeness (QED) is 0.288. The van der Waals surface area contributed by atoms with Crippen molar-refractivity contribution >= 4 is 39.2 Å².